The first-order chi connectivity index (χ1) is 11.3. The van der Waals surface area contributed by atoms with Gasteiger partial charge in [0.1, 0.15) is 0 Å². The van der Waals surface area contributed by atoms with Crippen molar-refractivity contribution in [1.29, 1.82) is 0 Å². The van der Waals surface area contributed by atoms with E-state index in [1.54, 1.807) is 11.8 Å². The van der Waals surface area contributed by atoms with Crippen molar-refractivity contribution >= 4 is 17.7 Å². The Bertz CT molecular complexity index is 530. The second-order valence-electron chi connectivity index (χ2n) is 7.64. The lowest BCUT2D eigenvalue weighted by Gasteiger charge is -2.45. The van der Waals surface area contributed by atoms with Gasteiger partial charge in [0.15, 0.2) is 0 Å². The number of thioether (sulfide) groups is 1. The van der Waals surface area contributed by atoms with Crippen LogP contribution in [-0.2, 0) is 14.9 Å². The number of carbonyl (C=O) groups excluding carboxylic acids is 1. The van der Waals surface area contributed by atoms with Crippen LogP contribution in [0.3, 0.4) is 0 Å². The van der Waals surface area contributed by atoms with E-state index in [0.29, 0.717) is 11.0 Å². The molecule has 2 rings (SSSR count). The summed E-state index contributed by atoms with van der Waals surface area (Å²) in [5, 5.41) is 3.60. The first kappa shape index (κ1) is 19.3. The minimum absolute atomic E-state index is 0.0848. The molecule has 3 nitrogen and oxygen atoms in total. The Hall–Kier alpha value is -1.00. The molecule has 1 heterocycles. The smallest absolute Gasteiger partial charge is 0.230 e. The highest BCUT2D eigenvalue weighted by molar-refractivity contribution is 8.00. The van der Waals surface area contributed by atoms with Crippen LogP contribution in [-0.4, -0.2) is 35.7 Å². The van der Waals surface area contributed by atoms with E-state index in [0.717, 1.165) is 32.4 Å². The molecule has 1 fully saturated rings. The number of amides is 1. The Kier molecular flexibility index (Phi) is 6.76. The van der Waals surface area contributed by atoms with E-state index >= 15 is 0 Å². The molecule has 134 valence electrons. The van der Waals surface area contributed by atoms with Gasteiger partial charge >= 0.3 is 0 Å². The summed E-state index contributed by atoms with van der Waals surface area (Å²) in [5.74, 6) is 0.688. The molecule has 4 heteroatoms. The van der Waals surface area contributed by atoms with Crippen molar-refractivity contribution in [3.8, 4) is 0 Å². The van der Waals surface area contributed by atoms with Crippen LogP contribution in [0.5, 0.6) is 0 Å². The standard InChI is InChI=1S/C20H31NO2S/c1-16(2)24-14-18(22)21-12-10-20(17-8-6-5-7-9-17)11-13-23-19(3,4)15-20/h5-9,16H,10-15H2,1-4H3,(H,21,22). The van der Waals surface area contributed by atoms with Gasteiger partial charge in [-0.3, -0.25) is 4.79 Å². The zero-order valence-corrected chi connectivity index (χ0v) is 16.2. The molecule has 1 amide bonds. The van der Waals surface area contributed by atoms with Crippen LogP contribution in [0.2, 0.25) is 0 Å². The molecule has 0 radical (unpaired) electrons. The van der Waals surface area contributed by atoms with Crippen molar-refractivity contribution in [2.24, 2.45) is 0 Å². The van der Waals surface area contributed by atoms with Gasteiger partial charge in [-0.05, 0) is 43.9 Å². The SMILES string of the molecule is CC(C)SCC(=O)NCCC1(c2ccccc2)CCOC(C)(C)C1. The van der Waals surface area contributed by atoms with E-state index < -0.39 is 0 Å². The van der Waals surface area contributed by atoms with E-state index in [-0.39, 0.29) is 16.9 Å². The molecule has 1 aliphatic heterocycles. The molecule has 0 spiro atoms. The third kappa shape index (κ3) is 5.52. The molecule has 1 aromatic rings. The van der Waals surface area contributed by atoms with Gasteiger partial charge in [-0.1, -0.05) is 44.2 Å². The molecule has 24 heavy (non-hydrogen) atoms. The molecular weight excluding hydrogens is 318 g/mol. The third-order valence-electron chi connectivity index (χ3n) is 4.70. The monoisotopic (exact) mass is 349 g/mol. The predicted octanol–water partition coefficient (Wildman–Crippen LogP) is 4.16. The normalized spacial score (nSPS) is 23.2. The predicted molar refractivity (Wildman–Crippen MR) is 103 cm³/mol. The van der Waals surface area contributed by atoms with Crippen molar-refractivity contribution in [3.63, 3.8) is 0 Å². The Balaban J connectivity index is 2.01. The highest BCUT2D eigenvalue weighted by atomic mass is 32.2. The fraction of sp³-hybridized carbons (Fsp3) is 0.650. The molecule has 1 N–H and O–H groups in total. The zero-order chi connectivity index (χ0) is 17.6. The first-order valence-corrected chi connectivity index (χ1v) is 9.96. The molecule has 1 aromatic carbocycles. The van der Waals surface area contributed by atoms with E-state index in [2.05, 4.69) is 63.3 Å². The van der Waals surface area contributed by atoms with E-state index in [1.165, 1.54) is 5.56 Å². The lowest BCUT2D eigenvalue weighted by atomic mass is 9.67. The number of nitrogens with one attached hydrogen (secondary N) is 1. The fourth-order valence-electron chi connectivity index (χ4n) is 3.61. The average Bonchev–Trinajstić information content (AvgIpc) is 2.53. The highest BCUT2D eigenvalue weighted by Crippen LogP contribution is 2.43. The fourth-order valence-corrected chi connectivity index (χ4v) is 4.19. The van der Waals surface area contributed by atoms with Crippen LogP contribution in [0, 0.1) is 0 Å². The van der Waals surface area contributed by atoms with Gasteiger partial charge in [0.25, 0.3) is 0 Å². The van der Waals surface area contributed by atoms with Crippen molar-refractivity contribution in [1.82, 2.24) is 5.32 Å². The summed E-state index contributed by atoms with van der Waals surface area (Å²) in [6.07, 6.45) is 2.96. The topological polar surface area (TPSA) is 38.3 Å². The van der Waals surface area contributed by atoms with Gasteiger partial charge in [-0.25, -0.2) is 0 Å². The molecule has 1 aliphatic rings. The number of ether oxygens (including phenoxy) is 1. The Labute approximate surface area is 150 Å². The maximum absolute atomic E-state index is 12.0. The van der Waals surface area contributed by atoms with Crippen LogP contribution < -0.4 is 5.32 Å². The highest BCUT2D eigenvalue weighted by Gasteiger charge is 2.41. The van der Waals surface area contributed by atoms with Crippen molar-refractivity contribution in [2.45, 2.75) is 63.2 Å². The summed E-state index contributed by atoms with van der Waals surface area (Å²) in [4.78, 5) is 12.0. The Morgan fingerprint density at radius 2 is 2.00 bits per heavy atom. The number of carbonyl (C=O) groups is 1. The first-order valence-electron chi connectivity index (χ1n) is 8.91. The molecule has 0 bridgehead atoms. The lowest BCUT2D eigenvalue weighted by molar-refractivity contribution is -0.118. The molecule has 1 unspecified atom stereocenters. The molecule has 1 atom stereocenters. The average molecular weight is 350 g/mol. The summed E-state index contributed by atoms with van der Waals surface area (Å²) < 4.78 is 5.94. The number of benzene rings is 1. The van der Waals surface area contributed by atoms with Gasteiger partial charge in [0.05, 0.1) is 11.4 Å². The van der Waals surface area contributed by atoms with Gasteiger partial charge in [-0.2, -0.15) is 0 Å². The largest absolute Gasteiger partial charge is 0.376 e. The second-order valence-corrected chi connectivity index (χ2v) is 9.21. The van der Waals surface area contributed by atoms with Crippen molar-refractivity contribution < 1.29 is 9.53 Å². The van der Waals surface area contributed by atoms with Crippen LogP contribution in [0.1, 0.15) is 52.5 Å². The van der Waals surface area contributed by atoms with Crippen LogP contribution in [0.4, 0.5) is 0 Å². The molecule has 0 saturated carbocycles. The third-order valence-corrected chi connectivity index (χ3v) is 5.79. The van der Waals surface area contributed by atoms with Gasteiger partial charge < -0.3 is 10.1 Å². The second kappa shape index (κ2) is 8.39. The molecule has 0 aliphatic carbocycles. The maximum Gasteiger partial charge on any atom is 0.230 e. The van der Waals surface area contributed by atoms with Crippen molar-refractivity contribution in [2.75, 3.05) is 18.9 Å². The minimum atomic E-state index is -0.119. The zero-order valence-electron chi connectivity index (χ0n) is 15.4. The summed E-state index contributed by atoms with van der Waals surface area (Å²) >= 11 is 1.69. The van der Waals surface area contributed by atoms with Crippen LogP contribution >= 0.6 is 11.8 Å². The van der Waals surface area contributed by atoms with E-state index in [1.807, 2.05) is 0 Å². The lowest BCUT2D eigenvalue weighted by Crippen LogP contribution is -2.45. The quantitative estimate of drug-likeness (QED) is 0.803. The van der Waals surface area contributed by atoms with E-state index in [4.69, 9.17) is 4.74 Å². The van der Waals surface area contributed by atoms with Gasteiger partial charge in [0.2, 0.25) is 5.91 Å². The van der Waals surface area contributed by atoms with Crippen LogP contribution in [0.15, 0.2) is 30.3 Å². The molecular formula is C20H31NO2S. The van der Waals surface area contributed by atoms with Crippen LogP contribution in [0.25, 0.3) is 0 Å². The van der Waals surface area contributed by atoms with Gasteiger partial charge in [-0.15, -0.1) is 11.8 Å². The van der Waals surface area contributed by atoms with Crippen molar-refractivity contribution in [3.05, 3.63) is 35.9 Å². The molecule has 0 aromatic heterocycles. The number of hydrogen-bond acceptors (Lipinski definition) is 3. The minimum Gasteiger partial charge on any atom is -0.376 e. The summed E-state index contributed by atoms with van der Waals surface area (Å²) in [7, 11) is 0. The summed E-state index contributed by atoms with van der Waals surface area (Å²) in [5.41, 5.74) is 1.33. The van der Waals surface area contributed by atoms with E-state index in [9.17, 15) is 4.79 Å². The molecule has 1 saturated heterocycles. The Morgan fingerprint density at radius 3 is 2.62 bits per heavy atom. The number of hydrogen-bond donors (Lipinski definition) is 1. The Morgan fingerprint density at radius 1 is 1.29 bits per heavy atom. The summed E-state index contributed by atoms with van der Waals surface area (Å²) in [6, 6.07) is 10.7. The number of rotatable bonds is 7. The van der Waals surface area contributed by atoms with Gasteiger partial charge in [0, 0.05) is 18.6 Å². The summed E-state index contributed by atoms with van der Waals surface area (Å²) in [6.45, 7) is 10.1. The maximum atomic E-state index is 12.0.